The van der Waals surface area contributed by atoms with Gasteiger partial charge in [-0.25, -0.2) is 4.79 Å². The summed E-state index contributed by atoms with van der Waals surface area (Å²) in [5, 5.41) is 3.22. The average molecular weight is 457 g/mol. The van der Waals surface area contributed by atoms with E-state index in [-0.39, 0.29) is 23.8 Å². The fourth-order valence-electron chi connectivity index (χ4n) is 4.70. The number of anilines is 1. The molecule has 0 bridgehead atoms. The highest BCUT2D eigenvalue weighted by molar-refractivity contribution is 5.88. The Kier molecular flexibility index (Phi) is 7.63. The maximum Gasteiger partial charge on any atom is 0.419 e. The average Bonchev–Trinajstić information content (AvgIpc) is 2.89. The van der Waals surface area contributed by atoms with Crippen LogP contribution in [0.3, 0.4) is 0 Å². The molecule has 0 radical (unpaired) electrons. The molecular weight excluding hydrogens is 424 g/mol. The molecule has 0 aromatic heterocycles. The highest BCUT2D eigenvalue weighted by atomic mass is 16.6. The summed E-state index contributed by atoms with van der Waals surface area (Å²) in [5.41, 5.74) is 2.99. The zero-order valence-corrected chi connectivity index (χ0v) is 19.8. The van der Waals surface area contributed by atoms with Crippen molar-refractivity contribution >= 4 is 17.7 Å². The highest BCUT2D eigenvalue weighted by Gasteiger charge is 2.32. The summed E-state index contributed by atoms with van der Waals surface area (Å²) in [6.07, 6.45) is 3.60. The Hall–Kier alpha value is -3.60. The van der Waals surface area contributed by atoms with E-state index in [1.54, 1.807) is 7.05 Å². The van der Waals surface area contributed by atoms with Gasteiger partial charge >= 0.3 is 6.09 Å². The number of hydrogen-bond acceptors (Lipinski definition) is 3. The van der Waals surface area contributed by atoms with Crippen molar-refractivity contribution in [2.45, 2.75) is 44.6 Å². The number of nitrogens with zero attached hydrogens (tertiary/aromatic N) is 1. The third kappa shape index (κ3) is 5.66. The Morgan fingerprint density at radius 2 is 1.50 bits per heavy atom. The SMILES string of the molecule is C[C@H](NC(=O)C1CCCCC1c1ccc(OC(=O)N(C)c2ccccc2)cc1)c1ccccc1. The van der Waals surface area contributed by atoms with E-state index in [4.69, 9.17) is 4.74 Å². The molecular formula is C29H32N2O3. The van der Waals surface area contributed by atoms with Gasteiger partial charge in [0.25, 0.3) is 0 Å². The number of nitrogens with one attached hydrogen (secondary N) is 1. The Balaban J connectivity index is 1.41. The third-order valence-corrected chi connectivity index (χ3v) is 6.69. The standard InChI is InChI=1S/C29H32N2O3/c1-21(22-11-5-3-6-12-22)30-28(32)27-16-10-9-15-26(27)23-17-19-25(20-18-23)34-29(33)31(2)24-13-7-4-8-14-24/h3-8,11-14,17-21,26-27H,9-10,15-16H2,1-2H3,(H,30,32)/t21-,26?,27?/m0/s1. The van der Waals surface area contributed by atoms with Crippen LogP contribution in [0.25, 0.3) is 0 Å². The van der Waals surface area contributed by atoms with Crippen molar-refractivity contribution in [3.8, 4) is 5.75 Å². The van der Waals surface area contributed by atoms with E-state index in [0.29, 0.717) is 5.75 Å². The van der Waals surface area contributed by atoms with Gasteiger partial charge in [-0.1, -0.05) is 73.5 Å². The van der Waals surface area contributed by atoms with Crippen LogP contribution in [0.15, 0.2) is 84.9 Å². The van der Waals surface area contributed by atoms with Gasteiger partial charge < -0.3 is 10.1 Å². The van der Waals surface area contributed by atoms with E-state index in [1.807, 2.05) is 91.9 Å². The Bertz CT molecular complexity index is 1080. The van der Waals surface area contributed by atoms with Gasteiger partial charge in [-0.2, -0.15) is 0 Å². The van der Waals surface area contributed by atoms with Crippen molar-refractivity contribution in [1.29, 1.82) is 0 Å². The first kappa shape index (κ1) is 23.6. The number of carbonyl (C=O) groups excluding carboxylic acids is 2. The minimum Gasteiger partial charge on any atom is -0.410 e. The Morgan fingerprint density at radius 1 is 0.882 bits per heavy atom. The van der Waals surface area contributed by atoms with Gasteiger partial charge in [-0.05, 0) is 61.1 Å². The van der Waals surface area contributed by atoms with E-state index >= 15 is 0 Å². The first-order valence-electron chi connectivity index (χ1n) is 12.0. The topological polar surface area (TPSA) is 58.6 Å². The molecule has 0 heterocycles. The van der Waals surface area contributed by atoms with Gasteiger partial charge in [0.15, 0.2) is 0 Å². The molecule has 1 aliphatic rings. The van der Waals surface area contributed by atoms with Gasteiger partial charge in [0, 0.05) is 18.7 Å². The summed E-state index contributed by atoms with van der Waals surface area (Å²) in [4.78, 5) is 27.2. The summed E-state index contributed by atoms with van der Waals surface area (Å²) in [5.74, 6) is 0.707. The Morgan fingerprint density at radius 3 is 2.18 bits per heavy atom. The van der Waals surface area contributed by atoms with Gasteiger partial charge in [-0.3, -0.25) is 9.69 Å². The maximum atomic E-state index is 13.2. The lowest BCUT2D eigenvalue weighted by molar-refractivity contribution is -0.127. The number of para-hydroxylation sites is 1. The van der Waals surface area contributed by atoms with E-state index in [0.717, 1.165) is 42.5 Å². The summed E-state index contributed by atoms with van der Waals surface area (Å²) >= 11 is 0. The van der Waals surface area contributed by atoms with Crippen molar-refractivity contribution in [2.75, 3.05) is 11.9 Å². The summed E-state index contributed by atoms with van der Waals surface area (Å²) < 4.78 is 5.56. The molecule has 34 heavy (non-hydrogen) atoms. The molecule has 0 aliphatic heterocycles. The number of benzene rings is 3. The van der Waals surface area contributed by atoms with Gasteiger partial charge in [0.05, 0.1) is 6.04 Å². The van der Waals surface area contributed by atoms with Gasteiger partial charge in [0.2, 0.25) is 5.91 Å². The van der Waals surface area contributed by atoms with Crippen LogP contribution in [-0.2, 0) is 4.79 Å². The molecule has 0 saturated heterocycles. The van der Waals surface area contributed by atoms with Crippen LogP contribution in [0.1, 0.15) is 55.7 Å². The molecule has 0 spiro atoms. The maximum absolute atomic E-state index is 13.2. The van der Waals surface area contributed by atoms with Gasteiger partial charge in [-0.15, -0.1) is 0 Å². The number of hydrogen-bond donors (Lipinski definition) is 1. The summed E-state index contributed by atoms with van der Waals surface area (Å²) in [7, 11) is 1.69. The second kappa shape index (κ2) is 11.0. The minimum atomic E-state index is -0.441. The van der Waals surface area contributed by atoms with Gasteiger partial charge in [0.1, 0.15) is 5.75 Å². The molecule has 2 unspecified atom stereocenters. The molecule has 176 valence electrons. The fourth-order valence-corrected chi connectivity index (χ4v) is 4.70. The van der Waals surface area contributed by atoms with Crippen molar-refractivity contribution in [1.82, 2.24) is 5.32 Å². The number of carbonyl (C=O) groups is 2. The van der Waals surface area contributed by atoms with Crippen LogP contribution in [0.5, 0.6) is 5.75 Å². The van der Waals surface area contributed by atoms with Crippen molar-refractivity contribution < 1.29 is 14.3 Å². The van der Waals surface area contributed by atoms with Crippen molar-refractivity contribution in [3.63, 3.8) is 0 Å². The number of amides is 2. The molecule has 3 aromatic carbocycles. The van der Waals surface area contributed by atoms with Crippen LogP contribution in [0.4, 0.5) is 10.5 Å². The zero-order chi connectivity index (χ0) is 23.9. The number of ether oxygens (including phenoxy) is 1. The summed E-state index contributed by atoms with van der Waals surface area (Å²) in [6.45, 7) is 2.03. The fraction of sp³-hybridized carbons (Fsp3) is 0.310. The predicted octanol–water partition coefficient (Wildman–Crippen LogP) is 6.47. The largest absolute Gasteiger partial charge is 0.419 e. The molecule has 3 atom stereocenters. The van der Waals surface area contributed by atoms with Crippen LogP contribution >= 0.6 is 0 Å². The minimum absolute atomic E-state index is 0.0281. The highest BCUT2D eigenvalue weighted by Crippen LogP contribution is 2.39. The van der Waals surface area contributed by atoms with E-state index in [1.165, 1.54) is 4.90 Å². The lowest BCUT2D eigenvalue weighted by Crippen LogP contribution is -2.37. The van der Waals surface area contributed by atoms with Crippen LogP contribution in [0, 0.1) is 5.92 Å². The van der Waals surface area contributed by atoms with Crippen molar-refractivity contribution in [2.24, 2.45) is 5.92 Å². The second-order valence-electron chi connectivity index (χ2n) is 8.97. The monoisotopic (exact) mass is 456 g/mol. The first-order chi connectivity index (χ1) is 16.5. The summed E-state index contributed by atoms with van der Waals surface area (Å²) in [6, 6.07) is 27.0. The first-order valence-corrected chi connectivity index (χ1v) is 12.0. The molecule has 1 saturated carbocycles. The molecule has 5 heteroatoms. The van der Waals surface area contributed by atoms with Crippen LogP contribution in [-0.4, -0.2) is 19.0 Å². The molecule has 1 N–H and O–H groups in total. The van der Waals surface area contributed by atoms with Crippen LogP contribution < -0.4 is 15.0 Å². The molecule has 5 nitrogen and oxygen atoms in total. The molecule has 4 rings (SSSR count). The lowest BCUT2D eigenvalue weighted by atomic mass is 9.75. The second-order valence-corrected chi connectivity index (χ2v) is 8.97. The Labute approximate surface area is 201 Å². The molecule has 1 aliphatic carbocycles. The van der Waals surface area contributed by atoms with E-state index in [9.17, 15) is 9.59 Å². The predicted molar refractivity (Wildman–Crippen MR) is 135 cm³/mol. The lowest BCUT2D eigenvalue weighted by Gasteiger charge is -2.32. The van der Waals surface area contributed by atoms with Crippen LogP contribution in [0.2, 0.25) is 0 Å². The molecule has 1 fully saturated rings. The number of rotatable bonds is 6. The van der Waals surface area contributed by atoms with E-state index in [2.05, 4.69) is 5.32 Å². The molecule has 2 amide bonds. The normalized spacial score (nSPS) is 18.5. The third-order valence-electron chi connectivity index (χ3n) is 6.69. The zero-order valence-electron chi connectivity index (χ0n) is 19.8. The smallest absolute Gasteiger partial charge is 0.410 e. The van der Waals surface area contributed by atoms with E-state index < -0.39 is 6.09 Å². The quantitative estimate of drug-likeness (QED) is 0.462. The molecule has 3 aromatic rings. The van der Waals surface area contributed by atoms with Crippen molar-refractivity contribution in [3.05, 3.63) is 96.1 Å².